The van der Waals surface area contributed by atoms with Gasteiger partial charge < -0.3 is 9.84 Å². The van der Waals surface area contributed by atoms with Gasteiger partial charge >= 0.3 is 0 Å². The molecule has 1 atom stereocenters. The molecule has 0 spiro atoms. The van der Waals surface area contributed by atoms with Gasteiger partial charge in [0.2, 0.25) is 0 Å². The van der Waals surface area contributed by atoms with E-state index in [0.717, 1.165) is 17.5 Å². The highest BCUT2D eigenvalue weighted by molar-refractivity contribution is 5.39. The summed E-state index contributed by atoms with van der Waals surface area (Å²) in [5.41, 5.74) is 2.03. The number of aliphatic hydroxyl groups excluding tert-OH is 1. The molecule has 0 fully saturated rings. The van der Waals surface area contributed by atoms with Crippen LogP contribution in [0.25, 0.3) is 0 Å². The molecule has 1 aromatic heterocycles. The Morgan fingerprint density at radius 3 is 2.67 bits per heavy atom. The molecule has 18 heavy (non-hydrogen) atoms. The number of benzene rings is 1. The standard InChI is InChI=1S/C14H14FNO2/c1-9-5-12(18-2)3-4-13(9)14(17)10-6-11(15)8-16-7-10/h3-8,14,17H,1-2H3. The zero-order valence-corrected chi connectivity index (χ0v) is 10.2. The average Bonchev–Trinajstić information content (AvgIpc) is 2.37. The summed E-state index contributed by atoms with van der Waals surface area (Å²) in [5.74, 6) is 0.263. The van der Waals surface area contributed by atoms with E-state index in [-0.39, 0.29) is 0 Å². The maximum Gasteiger partial charge on any atom is 0.141 e. The fourth-order valence-electron chi connectivity index (χ4n) is 1.84. The van der Waals surface area contributed by atoms with Gasteiger partial charge in [-0.1, -0.05) is 6.07 Å². The zero-order valence-electron chi connectivity index (χ0n) is 10.2. The minimum atomic E-state index is -0.890. The van der Waals surface area contributed by atoms with Crippen LogP contribution in [0, 0.1) is 12.7 Å². The zero-order chi connectivity index (χ0) is 13.1. The summed E-state index contributed by atoms with van der Waals surface area (Å²) in [6.45, 7) is 1.87. The molecule has 1 heterocycles. The minimum absolute atomic E-state index is 0.434. The smallest absolute Gasteiger partial charge is 0.141 e. The molecule has 0 aliphatic carbocycles. The van der Waals surface area contributed by atoms with Crippen molar-refractivity contribution in [2.24, 2.45) is 0 Å². The fraction of sp³-hybridized carbons (Fsp3) is 0.214. The summed E-state index contributed by atoms with van der Waals surface area (Å²) in [7, 11) is 1.58. The second-order valence-electron chi connectivity index (χ2n) is 4.06. The topological polar surface area (TPSA) is 42.4 Å². The van der Waals surface area contributed by atoms with Crippen LogP contribution in [-0.2, 0) is 0 Å². The van der Waals surface area contributed by atoms with Gasteiger partial charge in [-0.25, -0.2) is 4.39 Å². The summed E-state index contributed by atoms with van der Waals surface area (Å²) in [4.78, 5) is 3.73. The lowest BCUT2D eigenvalue weighted by molar-refractivity contribution is 0.218. The second-order valence-corrected chi connectivity index (χ2v) is 4.06. The lowest BCUT2D eigenvalue weighted by Gasteiger charge is -2.14. The van der Waals surface area contributed by atoms with Crippen molar-refractivity contribution in [3.05, 3.63) is 59.2 Å². The van der Waals surface area contributed by atoms with Crippen LogP contribution in [-0.4, -0.2) is 17.2 Å². The molecule has 0 aliphatic rings. The first-order chi connectivity index (χ1) is 8.61. The monoisotopic (exact) mass is 247 g/mol. The Morgan fingerprint density at radius 1 is 1.28 bits per heavy atom. The van der Waals surface area contributed by atoms with Gasteiger partial charge in [-0.2, -0.15) is 0 Å². The van der Waals surface area contributed by atoms with E-state index in [9.17, 15) is 9.50 Å². The van der Waals surface area contributed by atoms with Crippen molar-refractivity contribution in [1.82, 2.24) is 4.98 Å². The Labute approximate surface area is 105 Å². The van der Waals surface area contributed by atoms with Gasteiger partial charge in [0, 0.05) is 11.8 Å². The molecule has 0 aliphatic heterocycles. The van der Waals surface area contributed by atoms with Gasteiger partial charge in [-0.3, -0.25) is 4.98 Å². The Kier molecular flexibility index (Phi) is 3.58. The number of aromatic nitrogens is 1. The second kappa shape index (κ2) is 5.14. The third-order valence-electron chi connectivity index (χ3n) is 2.81. The van der Waals surface area contributed by atoms with Crippen molar-refractivity contribution in [2.45, 2.75) is 13.0 Å². The molecule has 2 rings (SSSR count). The van der Waals surface area contributed by atoms with E-state index in [1.807, 2.05) is 13.0 Å². The van der Waals surface area contributed by atoms with Crippen LogP contribution in [0.2, 0.25) is 0 Å². The van der Waals surface area contributed by atoms with Crippen LogP contribution >= 0.6 is 0 Å². The van der Waals surface area contributed by atoms with E-state index in [1.165, 1.54) is 12.3 Å². The maximum atomic E-state index is 13.1. The van der Waals surface area contributed by atoms with E-state index < -0.39 is 11.9 Å². The summed E-state index contributed by atoms with van der Waals surface area (Å²) in [6.07, 6.45) is 1.67. The Morgan fingerprint density at radius 2 is 2.06 bits per heavy atom. The first-order valence-corrected chi connectivity index (χ1v) is 5.55. The number of methoxy groups -OCH3 is 1. The van der Waals surface area contributed by atoms with Crippen molar-refractivity contribution < 1.29 is 14.2 Å². The number of rotatable bonds is 3. The summed E-state index contributed by atoms with van der Waals surface area (Å²) >= 11 is 0. The van der Waals surface area contributed by atoms with Crippen molar-refractivity contribution in [3.63, 3.8) is 0 Å². The molecule has 0 radical (unpaired) electrons. The number of aryl methyl sites for hydroxylation is 1. The first kappa shape index (κ1) is 12.5. The molecule has 1 unspecified atom stereocenters. The maximum absolute atomic E-state index is 13.1. The van der Waals surface area contributed by atoms with Crippen LogP contribution in [0.5, 0.6) is 5.75 Å². The highest BCUT2D eigenvalue weighted by Crippen LogP contribution is 2.27. The molecule has 0 saturated heterocycles. The number of hydrogen-bond acceptors (Lipinski definition) is 3. The number of nitrogens with zero attached hydrogens (tertiary/aromatic N) is 1. The Hall–Kier alpha value is -1.94. The summed E-state index contributed by atoms with van der Waals surface area (Å²) in [6, 6.07) is 6.63. The van der Waals surface area contributed by atoms with Crippen molar-refractivity contribution in [3.8, 4) is 5.75 Å². The highest BCUT2D eigenvalue weighted by atomic mass is 19.1. The van der Waals surface area contributed by atoms with Crippen LogP contribution in [0.1, 0.15) is 22.8 Å². The van der Waals surface area contributed by atoms with E-state index in [2.05, 4.69) is 4.98 Å². The fourth-order valence-corrected chi connectivity index (χ4v) is 1.84. The average molecular weight is 247 g/mol. The number of ether oxygens (including phenoxy) is 1. The third kappa shape index (κ3) is 2.49. The van der Waals surface area contributed by atoms with E-state index in [0.29, 0.717) is 11.1 Å². The summed E-state index contributed by atoms with van der Waals surface area (Å²) in [5, 5.41) is 10.2. The molecule has 0 amide bonds. The van der Waals surface area contributed by atoms with Gasteiger partial charge in [0.1, 0.15) is 17.7 Å². The van der Waals surface area contributed by atoms with E-state index in [1.54, 1.807) is 19.2 Å². The van der Waals surface area contributed by atoms with Gasteiger partial charge in [-0.15, -0.1) is 0 Å². The SMILES string of the molecule is COc1ccc(C(O)c2cncc(F)c2)c(C)c1. The molecular weight excluding hydrogens is 233 g/mol. The number of pyridine rings is 1. The largest absolute Gasteiger partial charge is 0.497 e. The van der Waals surface area contributed by atoms with Gasteiger partial charge in [0.25, 0.3) is 0 Å². The molecule has 1 aromatic carbocycles. The predicted octanol–water partition coefficient (Wildman–Crippen LogP) is 2.62. The van der Waals surface area contributed by atoms with Crippen LogP contribution in [0.15, 0.2) is 36.7 Å². The van der Waals surface area contributed by atoms with Crippen molar-refractivity contribution in [1.29, 1.82) is 0 Å². The number of aliphatic hydroxyl groups is 1. The molecule has 0 saturated carbocycles. The van der Waals surface area contributed by atoms with Crippen molar-refractivity contribution in [2.75, 3.05) is 7.11 Å². The third-order valence-corrected chi connectivity index (χ3v) is 2.81. The van der Waals surface area contributed by atoms with E-state index >= 15 is 0 Å². The van der Waals surface area contributed by atoms with Gasteiger partial charge in [0.05, 0.1) is 13.3 Å². The van der Waals surface area contributed by atoms with Gasteiger partial charge in [-0.05, 0) is 36.2 Å². The minimum Gasteiger partial charge on any atom is -0.497 e. The van der Waals surface area contributed by atoms with Gasteiger partial charge in [0.15, 0.2) is 0 Å². The molecule has 2 aromatic rings. The lowest BCUT2D eigenvalue weighted by Crippen LogP contribution is -2.03. The normalized spacial score (nSPS) is 12.2. The van der Waals surface area contributed by atoms with Crippen molar-refractivity contribution >= 4 is 0 Å². The molecule has 1 N–H and O–H groups in total. The Balaban J connectivity index is 2.37. The van der Waals surface area contributed by atoms with Crippen LogP contribution < -0.4 is 4.74 Å². The van der Waals surface area contributed by atoms with Crippen LogP contribution in [0.3, 0.4) is 0 Å². The molecule has 0 bridgehead atoms. The number of hydrogen-bond donors (Lipinski definition) is 1. The molecule has 3 nitrogen and oxygen atoms in total. The summed E-state index contributed by atoms with van der Waals surface area (Å²) < 4.78 is 18.2. The lowest BCUT2D eigenvalue weighted by atomic mass is 9.98. The Bertz CT molecular complexity index is 557. The van der Waals surface area contributed by atoms with Crippen LogP contribution in [0.4, 0.5) is 4.39 Å². The quantitative estimate of drug-likeness (QED) is 0.906. The molecule has 4 heteroatoms. The predicted molar refractivity (Wildman–Crippen MR) is 66.0 cm³/mol. The molecule has 94 valence electrons. The number of halogens is 1. The first-order valence-electron chi connectivity index (χ1n) is 5.55. The van der Waals surface area contributed by atoms with E-state index in [4.69, 9.17) is 4.74 Å². The molecular formula is C14H14FNO2. The highest BCUT2D eigenvalue weighted by Gasteiger charge is 2.14.